The van der Waals surface area contributed by atoms with Crippen LogP contribution >= 0.6 is 0 Å². The summed E-state index contributed by atoms with van der Waals surface area (Å²) >= 11 is 0. The molecule has 0 amide bonds. The fraction of sp³-hybridized carbons (Fsp3) is 0.217. The third kappa shape index (κ3) is 4.37. The summed E-state index contributed by atoms with van der Waals surface area (Å²) in [6.45, 7) is 3.56. The molecule has 0 atom stereocenters. The molecule has 3 heteroatoms. The van der Waals surface area contributed by atoms with Crippen molar-refractivity contribution in [3.05, 3.63) is 83.7 Å². The number of aromatic nitrogens is 1. The highest BCUT2D eigenvalue weighted by Crippen LogP contribution is 2.34. The minimum atomic E-state index is -0.304. The number of esters is 1. The molecule has 0 radical (unpaired) electrons. The van der Waals surface area contributed by atoms with Crippen LogP contribution < -0.4 is 4.74 Å². The summed E-state index contributed by atoms with van der Waals surface area (Å²) in [5.74, 6) is 0.307. The maximum Gasteiger partial charge on any atom is 0.308 e. The Hall–Kier alpha value is -2.94. The summed E-state index contributed by atoms with van der Waals surface area (Å²) in [5, 5.41) is 0. The number of hydrogen-bond donors (Lipinski definition) is 0. The first kappa shape index (κ1) is 17.9. The zero-order valence-corrected chi connectivity index (χ0v) is 15.2. The summed E-state index contributed by atoms with van der Waals surface area (Å²) in [7, 11) is 0. The number of carbonyl (C=O) groups is 1. The Kier molecular flexibility index (Phi) is 5.80. The summed E-state index contributed by atoms with van der Waals surface area (Å²) < 4.78 is 5.47. The molecule has 26 heavy (non-hydrogen) atoms. The second-order valence-electron chi connectivity index (χ2n) is 6.26. The van der Waals surface area contributed by atoms with E-state index in [-0.39, 0.29) is 5.97 Å². The number of ether oxygens (including phenoxy) is 1. The third-order valence-electron chi connectivity index (χ3n) is 4.39. The van der Waals surface area contributed by atoms with Gasteiger partial charge in [-0.05, 0) is 60.2 Å². The van der Waals surface area contributed by atoms with Crippen LogP contribution in [0.4, 0.5) is 0 Å². The number of pyridine rings is 1. The summed E-state index contributed by atoms with van der Waals surface area (Å²) in [5.41, 5.74) is 5.59. The molecule has 0 unspecified atom stereocenters. The molecular weight excluding hydrogens is 322 g/mol. The lowest BCUT2D eigenvalue weighted by atomic mass is 9.94. The predicted octanol–water partition coefficient (Wildman–Crippen LogP) is 5.02. The van der Waals surface area contributed by atoms with Crippen molar-refractivity contribution in [2.45, 2.75) is 33.1 Å². The fourth-order valence-electron chi connectivity index (χ4n) is 3.06. The Bertz CT molecular complexity index is 888. The fourth-order valence-corrected chi connectivity index (χ4v) is 3.06. The van der Waals surface area contributed by atoms with Crippen LogP contribution in [0.15, 0.2) is 66.9 Å². The molecule has 3 nitrogen and oxygen atoms in total. The Labute approximate surface area is 154 Å². The molecule has 3 rings (SSSR count). The van der Waals surface area contributed by atoms with E-state index >= 15 is 0 Å². The first-order valence-electron chi connectivity index (χ1n) is 8.97. The highest BCUT2D eigenvalue weighted by Gasteiger charge is 2.13. The quantitative estimate of drug-likeness (QED) is 0.465. The van der Waals surface area contributed by atoms with Gasteiger partial charge in [-0.2, -0.15) is 0 Å². The van der Waals surface area contributed by atoms with Crippen molar-refractivity contribution >= 4 is 5.97 Å². The molecule has 1 heterocycles. The number of nitrogens with zero attached hydrogens (tertiary/aromatic N) is 1. The molecule has 0 saturated carbocycles. The van der Waals surface area contributed by atoms with E-state index in [1.807, 2.05) is 48.7 Å². The largest absolute Gasteiger partial charge is 0.426 e. The lowest BCUT2D eigenvalue weighted by Gasteiger charge is -2.15. The van der Waals surface area contributed by atoms with Gasteiger partial charge in [-0.25, -0.2) is 0 Å². The maximum atomic E-state index is 11.5. The topological polar surface area (TPSA) is 39.2 Å². The average molecular weight is 345 g/mol. The number of rotatable bonds is 6. The van der Waals surface area contributed by atoms with Crippen molar-refractivity contribution in [2.75, 3.05) is 0 Å². The molecule has 2 aromatic carbocycles. The average Bonchev–Trinajstić information content (AvgIpc) is 2.67. The minimum Gasteiger partial charge on any atom is -0.426 e. The molecule has 0 N–H and O–H groups in total. The second kappa shape index (κ2) is 8.43. The van der Waals surface area contributed by atoms with Crippen LogP contribution in [0.1, 0.15) is 30.7 Å². The van der Waals surface area contributed by atoms with Gasteiger partial charge >= 0.3 is 5.97 Å². The van der Waals surface area contributed by atoms with Gasteiger partial charge in [0.15, 0.2) is 0 Å². The summed E-state index contributed by atoms with van der Waals surface area (Å²) in [6.07, 6.45) is 4.51. The van der Waals surface area contributed by atoms with E-state index in [4.69, 9.17) is 4.74 Å². The number of hydrogen-bond acceptors (Lipinski definition) is 3. The van der Waals surface area contributed by atoms with Crippen molar-refractivity contribution < 1.29 is 9.53 Å². The highest BCUT2D eigenvalue weighted by atomic mass is 16.5. The van der Waals surface area contributed by atoms with E-state index in [0.717, 1.165) is 36.1 Å². The van der Waals surface area contributed by atoms with Crippen LogP contribution in [0.25, 0.3) is 11.1 Å². The van der Waals surface area contributed by atoms with Gasteiger partial charge in [-0.1, -0.05) is 43.3 Å². The highest BCUT2D eigenvalue weighted by molar-refractivity contribution is 5.78. The van der Waals surface area contributed by atoms with Gasteiger partial charge in [-0.3, -0.25) is 9.78 Å². The number of aryl methyl sites for hydroxylation is 3. The van der Waals surface area contributed by atoms with Gasteiger partial charge in [-0.15, -0.1) is 0 Å². The zero-order valence-electron chi connectivity index (χ0n) is 15.2. The lowest BCUT2D eigenvalue weighted by molar-refractivity contribution is -0.131. The van der Waals surface area contributed by atoms with Gasteiger partial charge in [0, 0.05) is 24.4 Å². The van der Waals surface area contributed by atoms with Crippen LogP contribution in [-0.4, -0.2) is 11.0 Å². The van der Waals surface area contributed by atoms with Gasteiger partial charge in [0.25, 0.3) is 0 Å². The monoisotopic (exact) mass is 345 g/mol. The molecule has 0 aliphatic carbocycles. The standard InChI is InChI=1S/C23H23NO2/c1-3-18-11-14-23(26-17(2)25)22(16-18)21-10-5-4-8-19(21)12-13-20-9-6-7-15-24-20/h4-11,14-16H,3,12-13H2,1-2H3. The molecule has 0 bridgehead atoms. The van der Waals surface area contributed by atoms with Crippen LogP contribution in [0.3, 0.4) is 0 Å². The molecule has 0 aliphatic rings. The molecule has 0 spiro atoms. The zero-order chi connectivity index (χ0) is 18.4. The SMILES string of the molecule is CCc1ccc(OC(C)=O)c(-c2ccccc2CCc2ccccn2)c1. The first-order valence-corrected chi connectivity index (χ1v) is 8.97. The molecule has 3 aromatic rings. The van der Waals surface area contributed by atoms with Gasteiger partial charge in [0.05, 0.1) is 0 Å². The maximum absolute atomic E-state index is 11.5. The van der Waals surface area contributed by atoms with Crippen molar-refractivity contribution in [2.24, 2.45) is 0 Å². The Morgan fingerprint density at radius 3 is 2.50 bits per heavy atom. The molecule has 1 aromatic heterocycles. The Balaban J connectivity index is 1.97. The molecule has 0 saturated heterocycles. The van der Waals surface area contributed by atoms with E-state index < -0.39 is 0 Å². The third-order valence-corrected chi connectivity index (χ3v) is 4.39. The lowest BCUT2D eigenvalue weighted by Crippen LogP contribution is -2.04. The summed E-state index contributed by atoms with van der Waals surface area (Å²) in [4.78, 5) is 15.9. The summed E-state index contributed by atoms with van der Waals surface area (Å²) in [6, 6.07) is 20.3. The van der Waals surface area contributed by atoms with Crippen molar-refractivity contribution in [3.63, 3.8) is 0 Å². The molecule has 0 aliphatic heterocycles. The van der Waals surface area contributed by atoms with Gasteiger partial charge in [0.1, 0.15) is 5.75 Å². The smallest absolute Gasteiger partial charge is 0.308 e. The van der Waals surface area contributed by atoms with Crippen LogP contribution in [0.2, 0.25) is 0 Å². The molecule has 0 fully saturated rings. The van der Waals surface area contributed by atoms with Crippen LogP contribution in [-0.2, 0) is 24.1 Å². The van der Waals surface area contributed by atoms with Gasteiger partial charge < -0.3 is 4.74 Å². The Morgan fingerprint density at radius 2 is 1.77 bits per heavy atom. The normalized spacial score (nSPS) is 10.5. The first-order chi connectivity index (χ1) is 12.7. The van der Waals surface area contributed by atoms with Crippen molar-refractivity contribution in [1.82, 2.24) is 4.98 Å². The van der Waals surface area contributed by atoms with Crippen LogP contribution in [0.5, 0.6) is 5.75 Å². The molecule has 132 valence electrons. The van der Waals surface area contributed by atoms with E-state index in [1.54, 1.807) is 0 Å². The van der Waals surface area contributed by atoms with E-state index in [0.29, 0.717) is 5.75 Å². The van der Waals surface area contributed by atoms with Crippen molar-refractivity contribution in [3.8, 4) is 16.9 Å². The predicted molar refractivity (Wildman–Crippen MR) is 104 cm³/mol. The molecular formula is C23H23NO2. The van der Waals surface area contributed by atoms with Crippen LogP contribution in [0, 0.1) is 0 Å². The van der Waals surface area contributed by atoms with E-state index in [9.17, 15) is 4.79 Å². The number of carbonyl (C=O) groups excluding carboxylic acids is 1. The van der Waals surface area contributed by atoms with E-state index in [2.05, 4.69) is 30.1 Å². The second-order valence-corrected chi connectivity index (χ2v) is 6.26. The number of benzene rings is 2. The van der Waals surface area contributed by atoms with Crippen molar-refractivity contribution in [1.29, 1.82) is 0 Å². The van der Waals surface area contributed by atoms with Gasteiger partial charge in [0.2, 0.25) is 0 Å². The minimum absolute atomic E-state index is 0.304. The Morgan fingerprint density at radius 1 is 0.962 bits per heavy atom. The van der Waals surface area contributed by atoms with E-state index in [1.165, 1.54) is 18.1 Å².